The number of sulfonamides is 1. The summed E-state index contributed by atoms with van der Waals surface area (Å²) >= 11 is 1.74. The first-order valence-corrected chi connectivity index (χ1v) is 13.1. The van der Waals surface area contributed by atoms with Crippen molar-refractivity contribution in [1.82, 2.24) is 0 Å². The normalized spacial score (nSPS) is 12.4. The zero-order valence-electron chi connectivity index (χ0n) is 18.3. The number of rotatable bonds is 8. The van der Waals surface area contributed by atoms with Crippen LogP contribution in [0.3, 0.4) is 0 Å². The second-order valence-electron chi connectivity index (χ2n) is 7.61. The number of amides is 1. The van der Waals surface area contributed by atoms with Crippen LogP contribution >= 0.6 is 11.8 Å². The molecule has 0 spiro atoms. The van der Waals surface area contributed by atoms with E-state index in [0.29, 0.717) is 22.9 Å². The van der Waals surface area contributed by atoms with E-state index in [1.165, 1.54) is 4.90 Å². The standard InChI is InChI=1S/C24H24N2O5S2/c1-17-12-18(15-32-20-6-4-3-5-7-20)8-10-21(17)25-24(27)14-26(33(2,28)29)19-9-11-22-23(13-19)31-16-30-22/h3-13H,14-16H2,1-2H3,(H,25,27). The predicted molar refractivity (Wildman–Crippen MR) is 131 cm³/mol. The minimum Gasteiger partial charge on any atom is -0.454 e. The van der Waals surface area contributed by atoms with Crippen LogP contribution in [0.5, 0.6) is 11.5 Å². The van der Waals surface area contributed by atoms with E-state index in [-0.39, 0.29) is 13.3 Å². The topological polar surface area (TPSA) is 84.9 Å². The van der Waals surface area contributed by atoms with E-state index in [1.54, 1.807) is 30.0 Å². The minimum atomic E-state index is -3.70. The molecule has 3 aromatic carbocycles. The van der Waals surface area contributed by atoms with Crippen LogP contribution in [0.2, 0.25) is 0 Å². The Hall–Kier alpha value is -3.17. The van der Waals surface area contributed by atoms with E-state index in [1.807, 2.05) is 43.3 Å². The third-order valence-electron chi connectivity index (χ3n) is 5.05. The van der Waals surface area contributed by atoms with Gasteiger partial charge in [0.2, 0.25) is 22.7 Å². The SMILES string of the molecule is Cc1cc(CSc2ccccc2)ccc1NC(=O)CN(c1ccc2c(c1)OCO2)S(C)(=O)=O. The molecule has 1 aliphatic heterocycles. The molecule has 9 heteroatoms. The largest absolute Gasteiger partial charge is 0.454 e. The molecule has 7 nitrogen and oxygen atoms in total. The van der Waals surface area contributed by atoms with E-state index < -0.39 is 15.9 Å². The minimum absolute atomic E-state index is 0.0806. The molecule has 33 heavy (non-hydrogen) atoms. The first-order chi connectivity index (χ1) is 15.8. The van der Waals surface area contributed by atoms with Crippen molar-refractivity contribution in [2.45, 2.75) is 17.6 Å². The highest BCUT2D eigenvalue weighted by molar-refractivity contribution is 7.98. The van der Waals surface area contributed by atoms with E-state index in [4.69, 9.17) is 9.47 Å². The fourth-order valence-corrected chi connectivity index (χ4v) is 5.11. The summed E-state index contributed by atoms with van der Waals surface area (Å²) in [7, 11) is -3.70. The third kappa shape index (κ3) is 5.80. The van der Waals surface area contributed by atoms with Crippen molar-refractivity contribution in [2.75, 3.05) is 29.2 Å². The van der Waals surface area contributed by atoms with Crippen LogP contribution in [0, 0.1) is 6.92 Å². The average Bonchev–Trinajstić information content (AvgIpc) is 3.25. The summed E-state index contributed by atoms with van der Waals surface area (Å²) in [6.45, 7) is 1.64. The number of aryl methyl sites for hydroxylation is 1. The summed E-state index contributed by atoms with van der Waals surface area (Å²) in [5, 5.41) is 2.83. The van der Waals surface area contributed by atoms with E-state index >= 15 is 0 Å². The Balaban J connectivity index is 1.43. The Kier molecular flexibility index (Phi) is 6.80. The van der Waals surface area contributed by atoms with Crippen LogP contribution in [0.15, 0.2) is 71.6 Å². The molecular weight excluding hydrogens is 460 g/mol. The lowest BCUT2D eigenvalue weighted by molar-refractivity contribution is -0.114. The van der Waals surface area contributed by atoms with Gasteiger partial charge < -0.3 is 14.8 Å². The van der Waals surface area contributed by atoms with Gasteiger partial charge in [-0.25, -0.2) is 8.42 Å². The highest BCUT2D eigenvalue weighted by Crippen LogP contribution is 2.36. The first kappa shape index (κ1) is 23.0. The number of benzene rings is 3. The van der Waals surface area contributed by atoms with Gasteiger partial charge in [0, 0.05) is 22.4 Å². The van der Waals surface area contributed by atoms with Gasteiger partial charge in [-0.05, 0) is 48.4 Å². The summed E-state index contributed by atoms with van der Waals surface area (Å²) < 4.78 is 36.4. The van der Waals surface area contributed by atoms with Gasteiger partial charge >= 0.3 is 0 Å². The van der Waals surface area contributed by atoms with Crippen molar-refractivity contribution >= 4 is 39.1 Å². The van der Waals surface area contributed by atoms with Crippen molar-refractivity contribution in [2.24, 2.45) is 0 Å². The quantitative estimate of drug-likeness (QED) is 0.477. The first-order valence-electron chi connectivity index (χ1n) is 10.2. The van der Waals surface area contributed by atoms with Gasteiger partial charge in [0.15, 0.2) is 11.5 Å². The Morgan fingerprint density at radius 1 is 1.03 bits per heavy atom. The second kappa shape index (κ2) is 9.76. The molecule has 1 amide bonds. The molecular formula is C24H24N2O5S2. The molecule has 0 aliphatic carbocycles. The summed E-state index contributed by atoms with van der Waals surface area (Å²) in [5.41, 5.74) is 3.02. The van der Waals surface area contributed by atoms with Crippen LogP contribution < -0.4 is 19.1 Å². The number of carbonyl (C=O) groups excluding carboxylic acids is 1. The Bertz CT molecular complexity index is 1260. The van der Waals surface area contributed by atoms with Gasteiger partial charge in [-0.3, -0.25) is 9.10 Å². The molecule has 0 radical (unpaired) electrons. The molecule has 1 aliphatic rings. The zero-order valence-corrected chi connectivity index (χ0v) is 19.9. The van der Waals surface area contributed by atoms with Crippen molar-refractivity contribution in [3.8, 4) is 11.5 Å². The van der Waals surface area contributed by atoms with Crippen LogP contribution in [-0.4, -0.2) is 33.9 Å². The molecule has 4 rings (SSSR count). The Morgan fingerprint density at radius 3 is 2.52 bits per heavy atom. The molecule has 0 unspecified atom stereocenters. The van der Waals surface area contributed by atoms with Gasteiger partial charge in [0.05, 0.1) is 11.9 Å². The molecule has 1 N–H and O–H groups in total. The lowest BCUT2D eigenvalue weighted by Gasteiger charge is -2.22. The average molecular weight is 485 g/mol. The highest BCUT2D eigenvalue weighted by Gasteiger charge is 2.24. The van der Waals surface area contributed by atoms with Crippen LogP contribution in [0.4, 0.5) is 11.4 Å². The lowest BCUT2D eigenvalue weighted by Crippen LogP contribution is -2.37. The zero-order chi connectivity index (χ0) is 23.4. The Labute approximate surface area is 197 Å². The fraction of sp³-hybridized carbons (Fsp3) is 0.208. The summed E-state index contributed by atoms with van der Waals surface area (Å²) in [6, 6.07) is 20.8. The van der Waals surface area contributed by atoms with Gasteiger partial charge in [-0.1, -0.05) is 30.3 Å². The van der Waals surface area contributed by atoms with Gasteiger partial charge in [-0.2, -0.15) is 0 Å². The van der Waals surface area contributed by atoms with E-state index in [9.17, 15) is 13.2 Å². The second-order valence-corrected chi connectivity index (χ2v) is 10.6. The molecule has 0 saturated carbocycles. The maximum Gasteiger partial charge on any atom is 0.245 e. The fourth-order valence-electron chi connectivity index (χ4n) is 3.40. The number of anilines is 2. The van der Waals surface area contributed by atoms with Gasteiger partial charge in [-0.15, -0.1) is 11.8 Å². The van der Waals surface area contributed by atoms with Crippen LogP contribution in [0.1, 0.15) is 11.1 Å². The molecule has 3 aromatic rings. The van der Waals surface area contributed by atoms with Crippen LogP contribution in [0.25, 0.3) is 0 Å². The number of ether oxygens (including phenoxy) is 2. The molecule has 172 valence electrons. The number of carbonyl (C=O) groups is 1. The number of fused-ring (bicyclic) bond motifs is 1. The molecule has 0 bridgehead atoms. The van der Waals surface area contributed by atoms with Gasteiger partial charge in [0.1, 0.15) is 6.54 Å². The smallest absolute Gasteiger partial charge is 0.245 e. The number of hydrogen-bond acceptors (Lipinski definition) is 6. The Morgan fingerprint density at radius 2 is 1.79 bits per heavy atom. The van der Waals surface area contributed by atoms with E-state index in [0.717, 1.165) is 27.4 Å². The number of nitrogens with zero attached hydrogens (tertiary/aromatic N) is 1. The highest BCUT2D eigenvalue weighted by atomic mass is 32.2. The predicted octanol–water partition coefficient (Wildman–Crippen LogP) is 4.42. The molecule has 0 atom stereocenters. The number of hydrogen-bond donors (Lipinski definition) is 1. The van der Waals surface area contributed by atoms with Crippen molar-refractivity contribution < 1.29 is 22.7 Å². The van der Waals surface area contributed by atoms with E-state index in [2.05, 4.69) is 17.4 Å². The van der Waals surface area contributed by atoms with Crippen molar-refractivity contribution in [1.29, 1.82) is 0 Å². The monoisotopic (exact) mass is 484 g/mol. The van der Waals surface area contributed by atoms with Crippen molar-refractivity contribution in [3.05, 3.63) is 77.9 Å². The van der Waals surface area contributed by atoms with Gasteiger partial charge in [0.25, 0.3) is 0 Å². The van der Waals surface area contributed by atoms with Crippen molar-refractivity contribution in [3.63, 3.8) is 0 Å². The molecule has 1 heterocycles. The maximum atomic E-state index is 12.7. The maximum absolute atomic E-state index is 12.7. The summed E-state index contributed by atoms with van der Waals surface area (Å²) in [4.78, 5) is 13.9. The molecule has 0 aromatic heterocycles. The summed E-state index contributed by atoms with van der Waals surface area (Å²) in [6.07, 6.45) is 1.06. The summed E-state index contributed by atoms with van der Waals surface area (Å²) in [5.74, 6) is 1.36. The number of thioether (sulfide) groups is 1. The van der Waals surface area contributed by atoms with Crippen LogP contribution in [-0.2, 0) is 20.6 Å². The number of nitrogens with one attached hydrogen (secondary N) is 1. The third-order valence-corrected chi connectivity index (χ3v) is 7.27. The lowest BCUT2D eigenvalue weighted by atomic mass is 10.1. The molecule has 0 saturated heterocycles. The molecule has 0 fully saturated rings.